The maximum atomic E-state index is 12.6. The van der Waals surface area contributed by atoms with Crippen LogP contribution in [0, 0.1) is 19.8 Å². The number of hydrogen-bond donors (Lipinski definition) is 1. The number of carbonyl (C=O) groups excluding carboxylic acids is 1. The summed E-state index contributed by atoms with van der Waals surface area (Å²) in [6, 6.07) is 3.83. The Morgan fingerprint density at radius 2 is 1.93 bits per heavy atom. The van der Waals surface area contributed by atoms with E-state index in [0.29, 0.717) is 11.0 Å². The van der Waals surface area contributed by atoms with Gasteiger partial charge in [0, 0.05) is 29.4 Å². The lowest BCUT2D eigenvalue weighted by atomic mass is 10.2. The monoisotopic (exact) mass is 416 g/mol. The molecular formula is C19H24N6OS2. The van der Waals surface area contributed by atoms with Crippen molar-refractivity contribution in [2.45, 2.75) is 51.6 Å². The summed E-state index contributed by atoms with van der Waals surface area (Å²) in [6.07, 6.45) is 3.48. The average Bonchev–Trinajstić information content (AvgIpc) is 3.18. The largest absolute Gasteiger partial charge is 0.302 e. The Kier molecular flexibility index (Phi) is 6.46. The molecule has 0 spiro atoms. The van der Waals surface area contributed by atoms with E-state index in [-0.39, 0.29) is 11.2 Å². The Morgan fingerprint density at radius 1 is 1.21 bits per heavy atom. The second kappa shape index (κ2) is 8.83. The molecule has 0 bridgehead atoms. The molecule has 0 aliphatic rings. The molecule has 7 nitrogen and oxygen atoms in total. The maximum Gasteiger partial charge on any atom is 0.239 e. The van der Waals surface area contributed by atoms with Gasteiger partial charge in [0.1, 0.15) is 0 Å². The van der Waals surface area contributed by atoms with Crippen molar-refractivity contribution in [1.29, 1.82) is 0 Å². The summed E-state index contributed by atoms with van der Waals surface area (Å²) in [5.74, 6) is 1.11. The van der Waals surface area contributed by atoms with Crippen molar-refractivity contribution in [3.8, 4) is 11.4 Å². The lowest BCUT2D eigenvalue weighted by molar-refractivity contribution is -0.115. The van der Waals surface area contributed by atoms with E-state index in [4.69, 9.17) is 0 Å². The summed E-state index contributed by atoms with van der Waals surface area (Å²) < 4.78 is 2.08. The average molecular weight is 417 g/mol. The highest BCUT2D eigenvalue weighted by Crippen LogP contribution is 2.29. The number of aryl methyl sites for hydroxylation is 2. The number of aromatic nitrogens is 5. The molecule has 1 atom stereocenters. The number of pyridine rings is 1. The van der Waals surface area contributed by atoms with Gasteiger partial charge in [-0.15, -0.1) is 21.5 Å². The zero-order chi connectivity index (χ0) is 20.3. The summed E-state index contributed by atoms with van der Waals surface area (Å²) in [5, 5.41) is 12.7. The van der Waals surface area contributed by atoms with Crippen LogP contribution in [0.3, 0.4) is 0 Å². The molecule has 0 aromatic carbocycles. The van der Waals surface area contributed by atoms with Crippen LogP contribution in [0.5, 0.6) is 0 Å². The lowest BCUT2D eigenvalue weighted by Crippen LogP contribution is -2.23. The van der Waals surface area contributed by atoms with E-state index in [1.54, 1.807) is 12.4 Å². The molecule has 1 N–H and O–H groups in total. The van der Waals surface area contributed by atoms with E-state index < -0.39 is 0 Å². The van der Waals surface area contributed by atoms with Crippen LogP contribution in [-0.4, -0.2) is 35.9 Å². The molecule has 0 fully saturated rings. The van der Waals surface area contributed by atoms with Gasteiger partial charge in [-0.1, -0.05) is 25.6 Å². The molecule has 0 saturated heterocycles. The van der Waals surface area contributed by atoms with Crippen molar-refractivity contribution >= 4 is 34.1 Å². The van der Waals surface area contributed by atoms with E-state index in [1.807, 2.05) is 32.9 Å². The number of anilines is 1. The molecule has 1 amide bonds. The molecule has 0 radical (unpaired) electrons. The Morgan fingerprint density at radius 3 is 2.54 bits per heavy atom. The number of carbonyl (C=O) groups is 1. The lowest BCUT2D eigenvalue weighted by Gasteiger charge is -2.14. The SMILES string of the molecule is Cc1nc(NC(=O)[C@H](C)Sc2nnc(-c3ccncc3)n2CC(C)C)sc1C. The van der Waals surface area contributed by atoms with Gasteiger partial charge in [0.05, 0.1) is 10.9 Å². The Hall–Kier alpha value is -2.26. The number of thioether (sulfide) groups is 1. The van der Waals surface area contributed by atoms with Crippen LogP contribution in [0.2, 0.25) is 0 Å². The summed E-state index contributed by atoms with van der Waals surface area (Å²) >= 11 is 2.89. The van der Waals surface area contributed by atoms with Crippen LogP contribution in [0.15, 0.2) is 29.7 Å². The minimum absolute atomic E-state index is 0.0942. The second-order valence-electron chi connectivity index (χ2n) is 6.96. The van der Waals surface area contributed by atoms with Gasteiger partial charge in [0.2, 0.25) is 5.91 Å². The van der Waals surface area contributed by atoms with E-state index in [9.17, 15) is 4.79 Å². The molecule has 148 valence electrons. The van der Waals surface area contributed by atoms with Crippen molar-refractivity contribution in [3.63, 3.8) is 0 Å². The second-order valence-corrected chi connectivity index (χ2v) is 9.47. The standard InChI is InChI=1S/C19H24N6OS2/c1-11(2)10-25-16(15-6-8-20-9-7-15)23-24-19(25)28-14(5)17(26)22-18-21-12(3)13(4)27-18/h6-9,11,14H,10H2,1-5H3,(H,21,22,26)/t14-/m0/s1. The third kappa shape index (κ3) is 4.77. The first-order valence-electron chi connectivity index (χ1n) is 9.10. The van der Waals surface area contributed by atoms with Crippen molar-refractivity contribution in [1.82, 2.24) is 24.7 Å². The smallest absolute Gasteiger partial charge is 0.239 e. The molecule has 0 saturated carbocycles. The van der Waals surface area contributed by atoms with Crippen LogP contribution in [0.4, 0.5) is 5.13 Å². The van der Waals surface area contributed by atoms with Crippen LogP contribution < -0.4 is 5.32 Å². The van der Waals surface area contributed by atoms with Gasteiger partial charge < -0.3 is 9.88 Å². The number of nitrogens with one attached hydrogen (secondary N) is 1. The molecule has 0 aliphatic carbocycles. The van der Waals surface area contributed by atoms with Crippen LogP contribution in [0.25, 0.3) is 11.4 Å². The molecule has 3 heterocycles. The number of nitrogens with zero attached hydrogens (tertiary/aromatic N) is 5. The minimum Gasteiger partial charge on any atom is -0.302 e. The topological polar surface area (TPSA) is 85.6 Å². The van der Waals surface area contributed by atoms with Gasteiger partial charge in [-0.05, 0) is 38.8 Å². The van der Waals surface area contributed by atoms with Crippen molar-refractivity contribution < 1.29 is 4.79 Å². The molecule has 28 heavy (non-hydrogen) atoms. The van der Waals surface area contributed by atoms with Gasteiger partial charge >= 0.3 is 0 Å². The summed E-state index contributed by atoms with van der Waals surface area (Å²) in [5.41, 5.74) is 1.90. The normalized spacial score (nSPS) is 12.4. The zero-order valence-electron chi connectivity index (χ0n) is 16.6. The van der Waals surface area contributed by atoms with E-state index >= 15 is 0 Å². The molecule has 9 heteroatoms. The van der Waals surface area contributed by atoms with Gasteiger partial charge in [-0.2, -0.15) is 0 Å². The first-order chi connectivity index (χ1) is 13.3. The number of rotatable bonds is 7. The van der Waals surface area contributed by atoms with Gasteiger partial charge in [0.25, 0.3) is 0 Å². The Labute approximate surface area is 173 Å². The number of hydrogen-bond acceptors (Lipinski definition) is 7. The fraction of sp³-hybridized carbons (Fsp3) is 0.421. The highest BCUT2D eigenvalue weighted by molar-refractivity contribution is 8.00. The van der Waals surface area contributed by atoms with Crippen LogP contribution >= 0.6 is 23.1 Å². The third-order valence-corrected chi connectivity index (χ3v) is 6.18. The molecule has 3 aromatic rings. The first-order valence-corrected chi connectivity index (χ1v) is 10.8. The fourth-order valence-electron chi connectivity index (χ4n) is 2.57. The summed E-state index contributed by atoms with van der Waals surface area (Å²) in [6.45, 7) is 10.9. The third-order valence-electron chi connectivity index (χ3n) is 4.11. The van der Waals surface area contributed by atoms with E-state index in [1.165, 1.54) is 23.1 Å². The minimum atomic E-state index is -0.329. The summed E-state index contributed by atoms with van der Waals surface area (Å²) in [4.78, 5) is 22.2. The molecular weight excluding hydrogens is 392 g/mol. The highest BCUT2D eigenvalue weighted by Gasteiger charge is 2.22. The van der Waals surface area contributed by atoms with E-state index in [2.05, 4.69) is 43.9 Å². The number of thiazole rings is 1. The van der Waals surface area contributed by atoms with E-state index in [0.717, 1.165) is 33.7 Å². The van der Waals surface area contributed by atoms with Crippen molar-refractivity contribution in [3.05, 3.63) is 35.1 Å². The Bertz CT molecular complexity index is 931. The van der Waals surface area contributed by atoms with Crippen LogP contribution in [0.1, 0.15) is 31.3 Å². The zero-order valence-corrected chi connectivity index (χ0v) is 18.3. The van der Waals surface area contributed by atoms with Crippen LogP contribution in [-0.2, 0) is 11.3 Å². The molecule has 0 unspecified atom stereocenters. The van der Waals surface area contributed by atoms with Crippen molar-refractivity contribution in [2.24, 2.45) is 5.92 Å². The van der Waals surface area contributed by atoms with Gasteiger partial charge in [-0.3, -0.25) is 9.78 Å². The molecule has 3 rings (SSSR count). The Balaban J connectivity index is 1.78. The highest BCUT2D eigenvalue weighted by atomic mass is 32.2. The number of amides is 1. The predicted octanol–water partition coefficient (Wildman–Crippen LogP) is 4.19. The quantitative estimate of drug-likeness (QED) is 0.581. The first kappa shape index (κ1) is 20.5. The molecule has 3 aromatic heterocycles. The summed E-state index contributed by atoms with van der Waals surface area (Å²) in [7, 11) is 0. The predicted molar refractivity (Wildman–Crippen MR) is 114 cm³/mol. The van der Waals surface area contributed by atoms with Gasteiger partial charge in [0.15, 0.2) is 16.1 Å². The van der Waals surface area contributed by atoms with Gasteiger partial charge in [-0.25, -0.2) is 4.98 Å². The maximum absolute atomic E-state index is 12.6. The molecule has 0 aliphatic heterocycles. The van der Waals surface area contributed by atoms with Crippen molar-refractivity contribution in [2.75, 3.05) is 5.32 Å². The fourth-order valence-corrected chi connectivity index (χ4v) is 4.24.